The van der Waals surface area contributed by atoms with E-state index in [0.717, 1.165) is 12.0 Å². The zero-order chi connectivity index (χ0) is 18.7. The number of pyridine rings is 1. The van der Waals surface area contributed by atoms with Crippen LogP contribution in [0.5, 0.6) is 0 Å². The number of aromatic nitrogens is 1. The van der Waals surface area contributed by atoms with Gasteiger partial charge in [-0.25, -0.2) is 4.39 Å². The van der Waals surface area contributed by atoms with Gasteiger partial charge in [0.25, 0.3) is 5.56 Å². The van der Waals surface area contributed by atoms with Crippen molar-refractivity contribution in [3.05, 3.63) is 63.5 Å². The maximum Gasteiger partial charge on any atom is 0.271 e. The van der Waals surface area contributed by atoms with Gasteiger partial charge in [-0.15, -0.1) is 0 Å². The fraction of sp³-hybridized carbons (Fsp3) is 0.476. The van der Waals surface area contributed by atoms with Crippen molar-refractivity contribution in [2.75, 3.05) is 18.0 Å². The molecule has 2 heterocycles. The second-order valence-corrected chi connectivity index (χ2v) is 7.89. The number of aryl methyl sites for hydroxylation is 1. The molecule has 0 N–H and O–H groups in total. The average molecular weight is 377 g/mol. The summed E-state index contributed by atoms with van der Waals surface area (Å²) in [5.41, 5.74) is -0.0244. The Kier molecular flexibility index (Phi) is 5.71. The van der Waals surface area contributed by atoms with Crippen LogP contribution >= 0.6 is 11.6 Å². The molecular weight excluding hydrogens is 351 g/mol. The van der Waals surface area contributed by atoms with E-state index in [1.54, 1.807) is 10.8 Å². The molecule has 1 fully saturated rings. The Labute approximate surface area is 159 Å². The van der Waals surface area contributed by atoms with Crippen LogP contribution in [0.4, 0.5) is 10.1 Å². The van der Waals surface area contributed by atoms with E-state index < -0.39 is 5.67 Å². The smallest absolute Gasteiger partial charge is 0.271 e. The molecule has 0 atom stereocenters. The number of piperidine rings is 1. The van der Waals surface area contributed by atoms with Crippen LogP contribution < -0.4 is 10.5 Å². The molecule has 0 aliphatic carbocycles. The van der Waals surface area contributed by atoms with E-state index in [1.165, 1.54) is 0 Å². The SMILES string of the molecule is CC(C)CCn1ccc(N2CCC(F)(c3ccccc3)CC2)c(Cl)c1=O. The van der Waals surface area contributed by atoms with E-state index in [-0.39, 0.29) is 10.6 Å². The molecule has 1 aliphatic rings. The summed E-state index contributed by atoms with van der Waals surface area (Å²) in [4.78, 5) is 14.5. The van der Waals surface area contributed by atoms with E-state index in [4.69, 9.17) is 11.6 Å². The molecule has 2 aromatic rings. The number of hydrogen-bond donors (Lipinski definition) is 0. The molecule has 0 saturated carbocycles. The van der Waals surface area contributed by atoms with Gasteiger partial charge in [-0.2, -0.15) is 0 Å². The standard InChI is InChI=1S/C21H26ClFN2O/c1-16(2)8-12-25-13-9-18(19(22)20(25)26)24-14-10-21(23,11-15-24)17-6-4-3-5-7-17/h3-7,9,13,16H,8,10-12,14-15H2,1-2H3. The third-order valence-electron chi connectivity index (χ3n) is 5.22. The van der Waals surface area contributed by atoms with Crippen molar-refractivity contribution in [3.63, 3.8) is 0 Å². The molecule has 0 unspecified atom stereocenters. The highest BCUT2D eigenvalue weighted by Gasteiger charge is 2.36. The Morgan fingerprint density at radius 3 is 2.42 bits per heavy atom. The van der Waals surface area contributed by atoms with Gasteiger partial charge in [0.1, 0.15) is 10.7 Å². The lowest BCUT2D eigenvalue weighted by Crippen LogP contribution is -2.41. The minimum atomic E-state index is -1.31. The maximum absolute atomic E-state index is 15.3. The number of rotatable bonds is 5. The van der Waals surface area contributed by atoms with Gasteiger partial charge in [-0.3, -0.25) is 4.79 Å². The van der Waals surface area contributed by atoms with Gasteiger partial charge >= 0.3 is 0 Å². The fourth-order valence-electron chi connectivity index (χ4n) is 3.48. The first-order chi connectivity index (χ1) is 12.4. The lowest BCUT2D eigenvalue weighted by Gasteiger charge is -2.38. The third-order valence-corrected chi connectivity index (χ3v) is 5.58. The summed E-state index contributed by atoms with van der Waals surface area (Å²) in [6.07, 6.45) is 3.52. The molecule has 0 bridgehead atoms. The predicted molar refractivity (Wildman–Crippen MR) is 106 cm³/mol. The van der Waals surface area contributed by atoms with Crippen molar-refractivity contribution in [2.24, 2.45) is 5.92 Å². The van der Waals surface area contributed by atoms with Crippen molar-refractivity contribution in [3.8, 4) is 0 Å². The summed E-state index contributed by atoms with van der Waals surface area (Å²) in [6, 6.07) is 11.2. The first kappa shape index (κ1) is 19.0. The van der Waals surface area contributed by atoms with Crippen LogP contribution in [-0.4, -0.2) is 17.7 Å². The largest absolute Gasteiger partial charge is 0.370 e. The topological polar surface area (TPSA) is 25.2 Å². The monoisotopic (exact) mass is 376 g/mol. The minimum Gasteiger partial charge on any atom is -0.370 e. The van der Waals surface area contributed by atoms with Crippen LogP contribution in [-0.2, 0) is 12.2 Å². The lowest BCUT2D eigenvalue weighted by molar-refractivity contribution is 0.125. The number of hydrogen-bond acceptors (Lipinski definition) is 2. The molecule has 1 aliphatic heterocycles. The van der Waals surface area contributed by atoms with Crippen molar-refractivity contribution in [1.29, 1.82) is 0 Å². The minimum absolute atomic E-state index is 0.162. The molecule has 5 heteroatoms. The van der Waals surface area contributed by atoms with Crippen molar-refractivity contribution in [1.82, 2.24) is 4.57 Å². The van der Waals surface area contributed by atoms with E-state index >= 15 is 4.39 Å². The van der Waals surface area contributed by atoms with Crippen molar-refractivity contribution in [2.45, 2.75) is 45.3 Å². The molecule has 0 amide bonds. The highest BCUT2D eigenvalue weighted by Crippen LogP contribution is 2.38. The Morgan fingerprint density at radius 1 is 1.15 bits per heavy atom. The highest BCUT2D eigenvalue weighted by atomic mass is 35.5. The van der Waals surface area contributed by atoms with Crippen LogP contribution in [0, 0.1) is 5.92 Å². The van der Waals surface area contributed by atoms with Crippen LogP contribution in [0.3, 0.4) is 0 Å². The van der Waals surface area contributed by atoms with Crippen molar-refractivity contribution >= 4 is 17.3 Å². The third kappa shape index (κ3) is 3.96. The number of benzene rings is 1. The molecule has 26 heavy (non-hydrogen) atoms. The molecule has 1 aromatic carbocycles. The van der Waals surface area contributed by atoms with Gasteiger partial charge in [0.15, 0.2) is 0 Å². The lowest BCUT2D eigenvalue weighted by atomic mass is 9.86. The number of halogens is 2. The summed E-state index contributed by atoms with van der Waals surface area (Å²) in [5, 5.41) is 0.238. The van der Waals surface area contributed by atoms with E-state index in [9.17, 15) is 4.79 Å². The van der Waals surface area contributed by atoms with Gasteiger partial charge in [0, 0.05) is 38.7 Å². The highest BCUT2D eigenvalue weighted by molar-refractivity contribution is 6.33. The Morgan fingerprint density at radius 2 is 1.81 bits per heavy atom. The van der Waals surface area contributed by atoms with E-state index in [0.29, 0.717) is 44.1 Å². The molecule has 0 spiro atoms. The average Bonchev–Trinajstić information content (AvgIpc) is 2.64. The molecule has 0 radical (unpaired) electrons. The van der Waals surface area contributed by atoms with Gasteiger partial charge < -0.3 is 9.47 Å². The Balaban J connectivity index is 1.73. The zero-order valence-corrected chi connectivity index (χ0v) is 16.2. The Bertz CT molecular complexity index is 795. The van der Waals surface area contributed by atoms with E-state index in [1.807, 2.05) is 41.3 Å². The zero-order valence-electron chi connectivity index (χ0n) is 15.4. The summed E-state index contributed by atoms with van der Waals surface area (Å²) >= 11 is 6.37. The molecular formula is C21H26ClFN2O. The molecule has 140 valence electrons. The number of anilines is 1. The quantitative estimate of drug-likeness (QED) is 0.732. The second kappa shape index (κ2) is 7.83. The molecule has 1 aromatic heterocycles. The summed E-state index contributed by atoms with van der Waals surface area (Å²) in [6.45, 7) is 6.01. The Hall–Kier alpha value is -1.81. The van der Waals surface area contributed by atoms with Gasteiger partial charge in [-0.05, 0) is 24.0 Å². The van der Waals surface area contributed by atoms with Crippen LogP contribution in [0.25, 0.3) is 0 Å². The molecule has 3 rings (SSSR count). The predicted octanol–water partition coefficient (Wildman–Crippen LogP) is 5.01. The maximum atomic E-state index is 15.3. The van der Waals surface area contributed by atoms with Crippen LogP contribution in [0.15, 0.2) is 47.4 Å². The molecule has 1 saturated heterocycles. The van der Waals surface area contributed by atoms with Crippen LogP contribution in [0.2, 0.25) is 5.02 Å². The molecule has 3 nitrogen and oxygen atoms in total. The van der Waals surface area contributed by atoms with Gasteiger partial charge in [0.2, 0.25) is 0 Å². The normalized spacial score (nSPS) is 16.9. The van der Waals surface area contributed by atoms with E-state index in [2.05, 4.69) is 13.8 Å². The second-order valence-electron chi connectivity index (χ2n) is 7.51. The number of alkyl halides is 1. The first-order valence-corrected chi connectivity index (χ1v) is 9.67. The fourth-order valence-corrected chi connectivity index (χ4v) is 3.77. The van der Waals surface area contributed by atoms with Crippen LogP contribution in [0.1, 0.15) is 38.7 Å². The number of nitrogens with zero attached hydrogens (tertiary/aromatic N) is 2. The summed E-state index contributed by atoms with van der Waals surface area (Å²) in [5.74, 6) is 0.526. The summed E-state index contributed by atoms with van der Waals surface area (Å²) < 4.78 is 17.0. The van der Waals surface area contributed by atoms with Crippen molar-refractivity contribution < 1.29 is 4.39 Å². The summed E-state index contributed by atoms with van der Waals surface area (Å²) in [7, 11) is 0. The van der Waals surface area contributed by atoms with Gasteiger partial charge in [0.05, 0.1) is 5.69 Å². The first-order valence-electron chi connectivity index (χ1n) is 9.29. The van der Waals surface area contributed by atoms with Gasteiger partial charge in [-0.1, -0.05) is 55.8 Å².